The van der Waals surface area contributed by atoms with Crippen LogP contribution in [0.25, 0.3) is 5.69 Å². The molecule has 4 unspecified atom stereocenters. The van der Waals surface area contributed by atoms with Gasteiger partial charge in [0, 0.05) is 17.3 Å². The molecule has 4 atom stereocenters. The van der Waals surface area contributed by atoms with E-state index in [2.05, 4.69) is 17.3 Å². The Bertz CT molecular complexity index is 842. The van der Waals surface area contributed by atoms with Gasteiger partial charge in [0.25, 0.3) is 0 Å². The molecule has 144 valence electrons. The van der Waals surface area contributed by atoms with Crippen molar-refractivity contribution < 1.29 is 9.18 Å². The second kappa shape index (κ2) is 7.10. The maximum Gasteiger partial charge on any atom is 0.224 e. The highest BCUT2D eigenvalue weighted by Crippen LogP contribution is 2.49. The van der Waals surface area contributed by atoms with Gasteiger partial charge in [-0.3, -0.25) is 4.79 Å². The Balaban J connectivity index is 1.44. The van der Waals surface area contributed by atoms with Crippen molar-refractivity contribution in [2.45, 2.75) is 58.9 Å². The van der Waals surface area contributed by atoms with Gasteiger partial charge in [-0.15, -0.1) is 0 Å². The maximum atomic E-state index is 13.2. The highest BCUT2D eigenvalue weighted by Gasteiger charge is 2.42. The number of aromatic nitrogens is 2. The first-order chi connectivity index (χ1) is 12.9. The quantitative estimate of drug-likeness (QED) is 0.862. The normalized spacial score (nSPS) is 25.0. The first-order valence-electron chi connectivity index (χ1n) is 10.0. The first kappa shape index (κ1) is 18.2. The largest absolute Gasteiger partial charge is 0.353 e. The number of hydrogen-bond acceptors (Lipinski definition) is 2. The van der Waals surface area contributed by atoms with E-state index >= 15 is 0 Å². The van der Waals surface area contributed by atoms with Crippen LogP contribution < -0.4 is 5.32 Å². The molecule has 4 rings (SSSR count). The molecular formula is C22H28FN3O. The molecule has 2 bridgehead atoms. The fourth-order valence-electron chi connectivity index (χ4n) is 5.24. The molecule has 2 aliphatic carbocycles. The Hall–Kier alpha value is -2.17. The van der Waals surface area contributed by atoms with E-state index in [4.69, 9.17) is 0 Å². The molecule has 4 nitrogen and oxygen atoms in total. The SMILES string of the molecule is Cc1nn(-c2ccc(F)cc2)c(C)c1CC(=O)NC(C)C1CC2CCC1C2. The van der Waals surface area contributed by atoms with Gasteiger partial charge in [0.1, 0.15) is 5.82 Å². The number of carbonyl (C=O) groups excluding carboxylic acids is 1. The van der Waals surface area contributed by atoms with E-state index in [1.54, 1.807) is 16.8 Å². The Morgan fingerprint density at radius 3 is 2.63 bits per heavy atom. The third-order valence-electron chi connectivity index (χ3n) is 6.67. The number of halogens is 1. The van der Waals surface area contributed by atoms with Crippen LogP contribution in [0.5, 0.6) is 0 Å². The van der Waals surface area contributed by atoms with E-state index in [9.17, 15) is 9.18 Å². The molecule has 1 amide bonds. The van der Waals surface area contributed by atoms with Crippen LogP contribution in [0.3, 0.4) is 0 Å². The van der Waals surface area contributed by atoms with Gasteiger partial charge in [-0.05, 0) is 82.1 Å². The summed E-state index contributed by atoms with van der Waals surface area (Å²) in [6, 6.07) is 6.50. The van der Waals surface area contributed by atoms with Crippen LogP contribution in [0.15, 0.2) is 24.3 Å². The molecule has 1 heterocycles. The number of nitrogens with zero attached hydrogens (tertiary/aromatic N) is 2. The van der Waals surface area contributed by atoms with Crippen molar-refractivity contribution in [2.75, 3.05) is 0 Å². The van der Waals surface area contributed by atoms with E-state index in [1.807, 2.05) is 13.8 Å². The standard InChI is InChI=1S/C22H28FN3O/c1-13(21-11-16-4-5-17(21)10-16)24-22(27)12-20-14(2)25-26(15(20)3)19-8-6-18(23)7-9-19/h6-9,13,16-17,21H,4-5,10-12H2,1-3H3,(H,24,27). The Morgan fingerprint density at radius 1 is 1.26 bits per heavy atom. The van der Waals surface area contributed by atoms with Gasteiger partial charge in [-0.1, -0.05) is 6.42 Å². The molecule has 0 aliphatic heterocycles. The lowest BCUT2D eigenvalue weighted by molar-refractivity contribution is -0.121. The summed E-state index contributed by atoms with van der Waals surface area (Å²) in [5.41, 5.74) is 3.54. The van der Waals surface area contributed by atoms with Gasteiger partial charge < -0.3 is 5.32 Å². The molecule has 2 fully saturated rings. The number of aryl methyl sites for hydroxylation is 1. The Morgan fingerprint density at radius 2 is 2.00 bits per heavy atom. The predicted molar refractivity (Wildman–Crippen MR) is 103 cm³/mol. The maximum absolute atomic E-state index is 13.2. The summed E-state index contributed by atoms with van der Waals surface area (Å²) in [5, 5.41) is 7.81. The van der Waals surface area contributed by atoms with Crippen molar-refractivity contribution in [3.05, 3.63) is 47.0 Å². The molecule has 1 aromatic heterocycles. The van der Waals surface area contributed by atoms with E-state index in [0.717, 1.165) is 34.5 Å². The van der Waals surface area contributed by atoms with E-state index in [-0.39, 0.29) is 17.8 Å². The zero-order valence-electron chi connectivity index (χ0n) is 16.3. The number of carbonyl (C=O) groups is 1. The summed E-state index contributed by atoms with van der Waals surface area (Å²) in [7, 11) is 0. The zero-order chi connectivity index (χ0) is 19.1. The summed E-state index contributed by atoms with van der Waals surface area (Å²) in [6.45, 7) is 6.05. The van der Waals surface area contributed by atoms with Gasteiger partial charge in [0.15, 0.2) is 0 Å². The second-order valence-electron chi connectivity index (χ2n) is 8.41. The Kier molecular flexibility index (Phi) is 4.79. The number of benzene rings is 1. The highest BCUT2D eigenvalue weighted by molar-refractivity contribution is 5.79. The van der Waals surface area contributed by atoms with Crippen molar-refractivity contribution in [3.8, 4) is 5.69 Å². The number of hydrogen-bond donors (Lipinski definition) is 1. The lowest BCUT2D eigenvalue weighted by Gasteiger charge is -2.28. The molecule has 0 radical (unpaired) electrons. The molecule has 2 saturated carbocycles. The average molecular weight is 369 g/mol. The molecular weight excluding hydrogens is 341 g/mol. The summed E-state index contributed by atoms with van der Waals surface area (Å²) in [6.07, 6.45) is 5.67. The molecule has 27 heavy (non-hydrogen) atoms. The lowest BCUT2D eigenvalue weighted by Crippen LogP contribution is -2.40. The van der Waals surface area contributed by atoms with Crippen LogP contribution in [0.4, 0.5) is 4.39 Å². The van der Waals surface area contributed by atoms with Crippen molar-refractivity contribution in [1.82, 2.24) is 15.1 Å². The second-order valence-corrected chi connectivity index (χ2v) is 8.41. The molecule has 2 aliphatic rings. The van der Waals surface area contributed by atoms with Crippen LogP contribution in [0.1, 0.15) is 49.6 Å². The molecule has 5 heteroatoms. The van der Waals surface area contributed by atoms with Crippen molar-refractivity contribution in [1.29, 1.82) is 0 Å². The lowest BCUT2D eigenvalue weighted by atomic mass is 9.84. The van der Waals surface area contributed by atoms with Crippen LogP contribution in [-0.4, -0.2) is 21.7 Å². The van der Waals surface area contributed by atoms with Crippen molar-refractivity contribution >= 4 is 5.91 Å². The number of amides is 1. The smallest absolute Gasteiger partial charge is 0.224 e. The summed E-state index contributed by atoms with van der Waals surface area (Å²) < 4.78 is 15.0. The van der Waals surface area contributed by atoms with E-state index < -0.39 is 0 Å². The van der Waals surface area contributed by atoms with Gasteiger partial charge >= 0.3 is 0 Å². The summed E-state index contributed by atoms with van der Waals surface area (Å²) in [4.78, 5) is 12.7. The van der Waals surface area contributed by atoms with E-state index in [0.29, 0.717) is 12.3 Å². The van der Waals surface area contributed by atoms with Crippen molar-refractivity contribution in [2.24, 2.45) is 17.8 Å². The number of nitrogens with one attached hydrogen (secondary N) is 1. The molecule has 1 aromatic carbocycles. The predicted octanol–water partition coefficient (Wildman–Crippen LogP) is 4.11. The topological polar surface area (TPSA) is 46.9 Å². The monoisotopic (exact) mass is 369 g/mol. The first-order valence-corrected chi connectivity index (χ1v) is 10.0. The van der Waals surface area contributed by atoms with Crippen LogP contribution >= 0.6 is 0 Å². The molecule has 1 N–H and O–H groups in total. The zero-order valence-corrected chi connectivity index (χ0v) is 16.3. The fraction of sp³-hybridized carbons (Fsp3) is 0.545. The fourth-order valence-corrected chi connectivity index (χ4v) is 5.24. The summed E-state index contributed by atoms with van der Waals surface area (Å²) in [5.74, 6) is 2.12. The summed E-state index contributed by atoms with van der Waals surface area (Å²) >= 11 is 0. The Labute approximate surface area is 160 Å². The van der Waals surface area contributed by atoms with Gasteiger partial charge in [-0.25, -0.2) is 9.07 Å². The van der Waals surface area contributed by atoms with E-state index in [1.165, 1.54) is 37.8 Å². The minimum atomic E-state index is -0.269. The van der Waals surface area contributed by atoms with Gasteiger partial charge in [-0.2, -0.15) is 5.10 Å². The minimum Gasteiger partial charge on any atom is -0.353 e. The number of rotatable bonds is 5. The van der Waals surface area contributed by atoms with Gasteiger partial charge in [0.2, 0.25) is 5.91 Å². The number of fused-ring (bicyclic) bond motifs is 2. The van der Waals surface area contributed by atoms with Gasteiger partial charge in [0.05, 0.1) is 17.8 Å². The van der Waals surface area contributed by atoms with Crippen LogP contribution in [-0.2, 0) is 11.2 Å². The third-order valence-corrected chi connectivity index (χ3v) is 6.67. The minimum absolute atomic E-state index is 0.0649. The molecule has 0 saturated heterocycles. The van der Waals surface area contributed by atoms with Crippen molar-refractivity contribution in [3.63, 3.8) is 0 Å². The van der Waals surface area contributed by atoms with Crippen LogP contribution in [0.2, 0.25) is 0 Å². The van der Waals surface area contributed by atoms with Crippen LogP contribution in [0, 0.1) is 37.4 Å². The third kappa shape index (κ3) is 3.52. The molecule has 2 aromatic rings. The average Bonchev–Trinajstić information content (AvgIpc) is 3.33. The molecule has 0 spiro atoms. The highest BCUT2D eigenvalue weighted by atomic mass is 19.1.